The Hall–Kier alpha value is -2.03. The fourth-order valence-corrected chi connectivity index (χ4v) is 6.98. The van der Waals surface area contributed by atoms with Crippen LogP contribution in [0.4, 0.5) is 0 Å². The first kappa shape index (κ1) is 29.0. The van der Waals surface area contributed by atoms with Crippen molar-refractivity contribution < 1.29 is 19.7 Å². The Labute approximate surface area is 238 Å². The van der Waals surface area contributed by atoms with Crippen LogP contribution in [0.3, 0.4) is 0 Å². The van der Waals surface area contributed by atoms with Gasteiger partial charge in [0.2, 0.25) is 0 Å². The predicted octanol–water partition coefficient (Wildman–Crippen LogP) is 6.96. The molecule has 1 aliphatic rings. The van der Waals surface area contributed by atoms with Crippen LogP contribution in [0.1, 0.15) is 43.8 Å². The van der Waals surface area contributed by atoms with Crippen LogP contribution in [0.2, 0.25) is 10.0 Å². The molecule has 0 amide bonds. The molecular weight excluding hydrogens is 543 g/mol. The number of aromatic nitrogens is 1. The molecule has 0 unspecified atom stereocenters. The van der Waals surface area contributed by atoms with Crippen molar-refractivity contribution in [3.05, 3.63) is 64.3 Å². The quantitative estimate of drug-likeness (QED) is 0.178. The van der Waals surface area contributed by atoms with E-state index < -0.39 is 12.1 Å². The van der Waals surface area contributed by atoms with Gasteiger partial charge in [-0.25, -0.2) is 0 Å². The second-order valence-electron chi connectivity index (χ2n) is 9.84. The number of carboxylic acids is 1. The highest BCUT2D eigenvalue weighted by Gasteiger charge is 2.31. The minimum atomic E-state index is -0.765. The van der Waals surface area contributed by atoms with Crippen LogP contribution in [0.25, 0.3) is 10.9 Å². The van der Waals surface area contributed by atoms with Crippen molar-refractivity contribution >= 4 is 51.8 Å². The number of hydrogen-bond acceptors (Lipinski definition) is 6. The highest BCUT2D eigenvalue weighted by atomic mass is 35.5. The summed E-state index contributed by atoms with van der Waals surface area (Å²) < 4.78 is 5.36. The van der Waals surface area contributed by atoms with E-state index in [9.17, 15) is 15.0 Å². The van der Waals surface area contributed by atoms with E-state index in [4.69, 9.17) is 27.9 Å². The van der Waals surface area contributed by atoms with Gasteiger partial charge in [-0.05, 0) is 98.3 Å². The summed E-state index contributed by atoms with van der Waals surface area (Å²) in [6.45, 7) is 2.61. The lowest BCUT2D eigenvalue weighted by Gasteiger charge is -2.38. The fraction of sp³-hybridized carbons (Fsp3) is 0.448. The second kappa shape index (κ2) is 13.9. The molecule has 0 bridgehead atoms. The largest absolute Gasteiger partial charge is 0.497 e. The van der Waals surface area contributed by atoms with E-state index in [1.54, 1.807) is 25.1 Å². The molecule has 1 fully saturated rings. The van der Waals surface area contributed by atoms with Gasteiger partial charge in [0.25, 0.3) is 0 Å². The zero-order valence-corrected chi connectivity index (χ0v) is 23.8. The lowest BCUT2D eigenvalue weighted by molar-refractivity contribution is -0.139. The molecule has 3 aromatic rings. The van der Waals surface area contributed by atoms with Crippen molar-refractivity contribution in [1.29, 1.82) is 0 Å². The molecular formula is C29H34Cl2N2O4S. The summed E-state index contributed by atoms with van der Waals surface area (Å²) in [5.74, 6) is 1.17. The number of aliphatic carboxylic acids is 1. The second-order valence-corrected chi connectivity index (χ2v) is 11.8. The van der Waals surface area contributed by atoms with Crippen LogP contribution in [0.5, 0.6) is 5.75 Å². The molecule has 3 atom stereocenters. The maximum atomic E-state index is 11.7. The Balaban J connectivity index is 1.31. The number of halogens is 2. The van der Waals surface area contributed by atoms with Gasteiger partial charge in [-0.2, -0.15) is 0 Å². The van der Waals surface area contributed by atoms with Crippen LogP contribution in [0, 0.1) is 11.8 Å². The molecule has 2 heterocycles. The zero-order chi connectivity index (χ0) is 27.1. The van der Waals surface area contributed by atoms with Crippen molar-refractivity contribution in [3.8, 4) is 5.75 Å². The van der Waals surface area contributed by atoms with Gasteiger partial charge in [0.05, 0.1) is 28.8 Å². The molecule has 1 aromatic heterocycles. The number of methoxy groups -OCH3 is 1. The maximum absolute atomic E-state index is 11.7. The van der Waals surface area contributed by atoms with Crippen molar-refractivity contribution in [2.45, 2.75) is 43.1 Å². The summed E-state index contributed by atoms with van der Waals surface area (Å²) in [6, 6.07) is 13.1. The van der Waals surface area contributed by atoms with Gasteiger partial charge < -0.3 is 19.8 Å². The van der Waals surface area contributed by atoms with Gasteiger partial charge >= 0.3 is 5.97 Å². The highest BCUT2D eigenvalue weighted by molar-refractivity contribution is 7.99. The molecule has 4 rings (SSSR count). The fourth-order valence-electron chi connectivity index (χ4n) is 5.37. The molecule has 0 spiro atoms. The smallest absolute Gasteiger partial charge is 0.303 e. The molecule has 2 N–H and O–H groups in total. The van der Waals surface area contributed by atoms with Gasteiger partial charge in [0.15, 0.2) is 0 Å². The third kappa shape index (κ3) is 7.54. The summed E-state index contributed by atoms with van der Waals surface area (Å²) >= 11 is 14.2. The minimum Gasteiger partial charge on any atom is -0.497 e. The van der Waals surface area contributed by atoms with Crippen LogP contribution in [-0.2, 0) is 4.79 Å². The molecule has 1 aliphatic heterocycles. The Morgan fingerprint density at radius 2 is 2.00 bits per heavy atom. The number of likely N-dealkylation sites (tertiary alicyclic amines) is 1. The van der Waals surface area contributed by atoms with E-state index >= 15 is 0 Å². The van der Waals surface area contributed by atoms with Crippen LogP contribution < -0.4 is 4.74 Å². The Kier molecular flexibility index (Phi) is 10.6. The molecule has 6 nitrogen and oxygen atoms in total. The third-order valence-electron chi connectivity index (χ3n) is 7.35. The number of nitrogens with zero attached hydrogens (tertiary/aromatic N) is 2. The van der Waals surface area contributed by atoms with Gasteiger partial charge in [-0.3, -0.25) is 9.78 Å². The third-order valence-corrected chi connectivity index (χ3v) is 9.42. The van der Waals surface area contributed by atoms with Gasteiger partial charge in [0.1, 0.15) is 5.75 Å². The van der Waals surface area contributed by atoms with E-state index in [-0.39, 0.29) is 18.3 Å². The first-order valence-electron chi connectivity index (χ1n) is 13.0. The summed E-state index contributed by atoms with van der Waals surface area (Å²) in [5.41, 5.74) is 1.65. The van der Waals surface area contributed by atoms with Crippen LogP contribution in [0.15, 0.2) is 53.6 Å². The first-order valence-corrected chi connectivity index (χ1v) is 14.7. The van der Waals surface area contributed by atoms with Crippen molar-refractivity contribution in [2.75, 3.05) is 32.5 Å². The van der Waals surface area contributed by atoms with Gasteiger partial charge in [0, 0.05) is 29.4 Å². The number of aliphatic hydroxyl groups excluding tert-OH is 1. The standard InChI is InChI=1S/C29H34Cl2N2O4S/c1-37-21-7-8-26-23(17-21)22(10-12-32-26)27(34)9-6-19-11-14-33(18-20(19)16-28(35)36)13-3-15-38-29-24(30)4-2-5-25(29)31/h2,4-5,7-8,10,12,17,19-20,27,34H,3,6,9,11,13-16,18H2,1H3,(H,35,36)/t19-,20+,27-/m1/s1. The van der Waals surface area contributed by atoms with Crippen molar-refractivity contribution in [1.82, 2.24) is 9.88 Å². The molecule has 9 heteroatoms. The molecule has 2 aromatic carbocycles. The molecule has 0 radical (unpaired) electrons. The van der Waals surface area contributed by atoms with E-state index in [1.165, 1.54) is 0 Å². The lowest BCUT2D eigenvalue weighted by Crippen LogP contribution is -2.42. The SMILES string of the molecule is COc1ccc2nccc([C@H](O)CC[C@@H]3CCN(CCCSc4c(Cl)cccc4Cl)C[C@@H]3CC(=O)O)c2c1. The van der Waals surface area contributed by atoms with E-state index in [2.05, 4.69) is 9.88 Å². The molecule has 1 saturated heterocycles. The Bertz CT molecular complexity index is 1220. The van der Waals surface area contributed by atoms with Crippen LogP contribution in [-0.4, -0.2) is 58.6 Å². The van der Waals surface area contributed by atoms with Gasteiger partial charge in [-0.15, -0.1) is 11.8 Å². The number of pyridine rings is 1. The molecule has 204 valence electrons. The van der Waals surface area contributed by atoms with Gasteiger partial charge in [-0.1, -0.05) is 29.3 Å². The maximum Gasteiger partial charge on any atom is 0.303 e. The minimum absolute atomic E-state index is 0.0633. The Morgan fingerprint density at radius 3 is 2.74 bits per heavy atom. The lowest BCUT2D eigenvalue weighted by atomic mass is 9.79. The molecule has 0 aliphatic carbocycles. The first-order chi connectivity index (χ1) is 18.4. The topological polar surface area (TPSA) is 82.9 Å². The summed E-state index contributed by atoms with van der Waals surface area (Å²) in [5, 5.41) is 22.9. The number of aliphatic hydroxyl groups is 1. The van der Waals surface area contributed by atoms with Crippen molar-refractivity contribution in [2.24, 2.45) is 11.8 Å². The summed E-state index contributed by atoms with van der Waals surface area (Å²) in [6.07, 6.45) is 4.47. The van der Waals surface area contributed by atoms with Crippen LogP contribution >= 0.6 is 35.0 Å². The van der Waals surface area contributed by atoms with Crippen molar-refractivity contribution in [3.63, 3.8) is 0 Å². The Morgan fingerprint density at radius 1 is 1.21 bits per heavy atom. The number of thioether (sulfide) groups is 1. The number of fused-ring (bicyclic) bond motifs is 1. The highest BCUT2D eigenvalue weighted by Crippen LogP contribution is 2.36. The number of benzene rings is 2. The number of ether oxygens (including phenoxy) is 1. The average molecular weight is 578 g/mol. The number of piperidine rings is 1. The van der Waals surface area contributed by atoms with E-state index in [0.29, 0.717) is 16.5 Å². The number of carbonyl (C=O) groups is 1. The normalized spacial score (nSPS) is 18.9. The summed E-state index contributed by atoms with van der Waals surface area (Å²) in [7, 11) is 1.62. The van der Waals surface area contributed by atoms with E-state index in [0.717, 1.165) is 71.8 Å². The predicted molar refractivity (Wildman–Crippen MR) is 155 cm³/mol. The van der Waals surface area contributed by atoms with E-state index in [1.807, 2.05) is 42.5 Å². The molecule has 0 saturated carbocycles. The number of hydrogen-bond donors (Lipinski definition) is 2. The average Bonchev–Trinajstić information content (AvgIpc) is 2.90. The number of rotatable bonds is 12. The summed E-state index contributed by atoms with van der Waals surface area (Å²) in [4.78, 5) is 19.3. The molecule has 38 heavy (non-hydrogen) atoms. The number of carboxylic acid groups (broad SMARTS) is 1. The zero-order valence-electron chi connectivity index (χ0n) is 21.5. The monoisotopic (exact) mass is 576 g/mol.